The summed E-state index contributed by atoms with van der Waals surface area (Å²) in [6.45, 7) is 3.81. The highest BCUT2D eigenvalue weighted by molar-refractivity contribution is 7.15. The van der Waals surface area contributed by atoms with Crippen molar-refractivity contribution in [3.63, 3.8) is 0 Å². The maximum atomic E-state index is 11.6. The van der Waals surface area contributed by atoms with Gasteiger partial charge in [0.1, 0.15) is 5.00 Å². The number of carbonyl (C=O) groups excluding carboxylic acids is 2. The van der Waals surface area contributed by atoms with Crippen molar-refractivity contribution in [1.82, 2.24) is 0 Å². The molecule has 0 spiro atoms. The fourth-order valence-corrected chi connectivity index (χ4v) is 2.05. The van der Waals surface area contributed by atoms with Crippen LogP contribution in [0.3, 0.4) is 0 Å². The molecule has 1 rings (SSSR count). The van der Waals surface area contributed by atoms with Crippen LogP contribution in [-0.2, 0) is 9.47 Å². The van der Waals surface area contributed by atoms with Crippen LogP contribution in [0.5, 0.6) is 0 Å². The Morgan fingerprint density at radius 2 is 2.19 bits per heavy atom. The highest BCUT2D eigenvalue weighted by atomic mass is 32.1. The summed E-state index contributed by atoms with van der Waals surface area (Å²) in [6.07, 6.45) is -0.604. The van der Waals surface area contributed by atoms with Gasteiger partial charge in [0.2, 0.25) is 0 Å². The average molecular weight is 243 g/mol. The molecule has 1 aromatic rings. The lowest BCUT2D eigenvalue weighted by molar-refractivity contribution is 0.0527. The first-order valence-corrected chi connectivity index (χ1v) is 5.58. The molecule has 1 amide bonds. The Morgan fingerprint density at radius 1 is 1.50 bits per heavy atom. The van der Waals surface area contributed by atoms with E-state index in [4.69, 9.17) is 4.74 Å². The molecule has 0 radical (unpaired) electrons. The fraction of sp³-hybridized carbons (Fsp3) is 0.400. The van der Waals surface area contributed by atoms with Crippen molar-refractivity contribution in [2.24, 2.45) is 0 Å². The quantitative estimate of drug-likeness (QED) is 0.828. The number of methoxy groups -OCH3 is 1. The second kappa shape index (κ2) is 5.50. The van der Waals surface area contributed by atoms with Gasteiger partial charge in [0.25, 0.3) is 0 Å². The molecule has 0 bridgehead atoms. The molecule has 1 N–H and O–H groups in total. The number of thiophene rings is 1. The van der Waals surface area contributed by atoms with E-state index in [0.29, 0.717) is 17.2 Å². The highest BCUT2D eigenvalue weighted by Crippen LogP contribution is 2.28. The number of aryl methyl sites for hydroxylation is 1. The number of carbonyl (C=O) groups is 2. The minimum atomic E-state index is -0.604. The van der Waals surface area contributed by atoms with E-state index in [-0.39, 0.29) is 0 Å². The van der Waals surface area contributed by atoms with Crippen molar-refractivity contribution in [1.29, 1.82) is 0 Å². The van der Waals surface area contributed by atoms with Crippen LogP contribution in [0.4, 0.5) is 9.80 Å². The van der Waals surface area contributed by atoms with Crippen LogP contribution >= 0.6 is 11.3 Å². The molecule has 0 saturated heterocycles. The largest absolute Gasteiger partial charge is 0.462 e. The normalized spacial score (nSPS) is 9.69. The molecule has 0 saturated carbocycles. The number of anilines is 1. The number of rotatable bonds is 3. The third-order valence-electron chi connectivity index (χ3n) is 1.86. The van der Waals surface area contributed by atoms with Gasteiger partial charge in [-0.1, -0.05) is 0 Å². The summed E-state index contributed by atoms with van der Waals surface area (Å²) in [7, 11) is 1.26. The molecule has 16 heavy (non-hydrogen) atoms. The van der Waals surface area contributed by atoms with E-state index in [1.54, 1.807) is 19.2 Å². The Labute approximate surface area is 97.4 Å². The number of hydrogen-bond acceptors (Lipinski definition) is 5. The minimum Gasteiger partial charge on any atom is -0.462 e. The molecule has 1 aromatic heterocycles. The summed E-state index contributed by atoms with van der Waals surface area (Å²) in [6, 6.07) is 0. The van der Waals surface area contributed by atoms with Gasteiger partial charge in [-0.2, -0.15) is 0 Å². The predicted molar refractivity (Wildman–Crippen MR) is 61.0 cm³/mol. The van der Waals surface area contributed by atoms with Crippen LogP contribution in [0.1, 0.15) is 22.8 Å². The van der Waals surface area contributed by atoms with Crippen LogP contribution in [0.25, 0.3) is 0 Å². The van der Waals surface area contributed by atoms with Gasteiger partial charge in [0.05, 0.1) is 19.3 Å². The van der Waals surface area contributed by atoms with Crippen molar-refractivity contribution in [3.8, 4) is 0 Å². The molecule has 0 aromatic carbocycles. The number of nitrogens with one attached hydrogen (secondary N) is 1. The molecular formula is C10H13NO4S. The summed E-state index contributed by atoms with van der Waals surface area (Å²) >= 11 is 1.26. The van der Waals surface area contributed by atoms with Crippen molar-refractivity contribution in [3.05, 3.63) is 16.5 Å². The Kier molecular flexibility index (Phi) is 4.30. The zero-order chi connectivity index (χ0) is 12.1. The lowest BCUT2D eigenvalue weighted by atomic mass is 10.2. The lowest BCUT2D eigenvalue weighted by Crippen LogP contribution is -2.14. The molecule has 0 aliphatic carbocycles. The van der Waals surface area contributed by atoms with Crippen molar-refractivity contribution >= 4 is 28.4 Å². The average Bonchev–Trinajstić information content (AvgIpc) is 2.60. The molecule has 0 aliphatic heterocycles. The standard InChI is InChI=1S/C10H13NO4S/c1-4-15-9(12)7-6(2)5-16-8(7)11-10(13)14-3/h5H,4H2,1-3H3,(H,11,13). The van der Waals surface area contributed by atoms with E-state index >= 15 is 0 Å². The summed E-state index contributed by atoms with van der Waals surface area (Å²) in [4.78, 5) is 22.7. The second-order valence-electron chi connectivity index (χ2n) is 2.96. The Morgan fingerprint density at radius 3 is 2.75 bits per heavy atom. The lowest BCUT2D eigenvalue weighted by Gasteiger charge is -2.05. The summed E-state index contributed by atoms with van der Waals surface area (Å²) < 4.78 is 9.36. The number of amides is 1. The maximum absolute atomic E-state index is 11.6. The molecule has 1 heterocycles. The first-order valence-electron chi connectivity index (χ1n) is 4.70. The molecular weight excluding hydrogens is 230 g/mol. The number of ether oxygens (including phenoxy) is 2. The number of hydrogen-bond donors (Lipinski definition) is 1. The van der Waals surface area contributed by atoms with E-state index in [0.717, 1.165) is 5.56 Å². The van der Waals surface area contributed by atoms with Gasteiger partial charge in [0, 0.05) is 0 Å². The molecule has 5 nitrogen and oxygen atoms in total. The minimum absolute atomic E-state index is 0.297. The monoisotopic (exact) mass is 243 g/mol. The summed E-state index contributed by atoms with van der Waals surface area (Å²) in [5, 5.41) is 4.70. The zero-order valence-electron chi connectivity index (χ0n) is 9.33. The van der Waals surface area contributed by atoms with Crippen LogP contribution in [0, 0.1) is 6.92 Å². The molecule has 88 valence electrons. The van der Waals surface area contributed by atoms with Crippen molar-refractivity contribution in [2.45, 2.75) is 13.8 Å². The van der Waals surface area contributed by atoms with E-state index in [1.807, 2.05) is 0 Å². The smallest absolute Gasteiger partial charge is 0.411 e. The second-order valence-corrected chi connectivity index (χ2v) is 3.84. The van der Waals surface area contributed by atoms with Crippen LogP contribution in [0.15, 0.2) is 5.38 Å². The highest BCUT2D eigenvalue weighted by Gasteiger charge is 2.19. The van der Waals surface area contributed by atoms with E-state index in [2.05, 4.69) is 10.1 Å². The SMILES string of the molecule is CCOC(=O)c1c(C)csc1NC(=O)OC. The molecule has 6 heteroatoms. The van der Waals surface area contributed by atoms with Gasteiger partial charge in [-0.25, -0.2) is 9.59 Å². The number of esters is 1. The van der Waals surface area contributed by atoms with Gasteiger partial charge in [0.15, 0.2) is 0 Å². The first kappa shape index (κ1) is 12.5. The molecule has 0 atom stereocenters. The molecule has 0 unspecified atom stereocenters. The van der Waals surface area contributed by atoms with Gasteiger partial charge in [-0.05, 0) is 24.8 Å². The van der Waals surface area contributed by atoms with Crippen molar-refractivity contribution < 1.29 is 19.1 Å². The molecule has 0 aliphatic rings. The van der Waals surface area contributed by atoms with Crippen LogP contribution in [-0.4, -0.2) is 25.8 Å². The van der Waals surface area contributed by atoms with Gasteiger partial charge in [-0.15, -0.1) is 11.3 Å². The van der Waals surface area contributed by atoms with Crippen LogP contribution < -0.4 is 5.32 Å². The van der Waals surface area contributed by atoms with E-state index < -0.39 is 12.1 Å². The first-order chi connectivity index (χ1) is 7.60. The Bertz CT molecular complexity index is 400. The van der Waals surface area contributed by atoms with Crippen LogP contribution in [0.2, 0.25) is 0 Å². The van der Waals surface area contributed by atoms with E-state index in [9.17, 15) is 9.59 Å². The summed E-state index contributed by atoms with van der Waals surface area (Å²) in [5.74, 6) is -0.437. The predicted octanol–water partition coefficient (Wildman–Crippen LogP) is 2.41. The Hall–Kier alpha value is -1.56. The van der Waals surface area contributed by atoms with E-state index in [1.165, 1.54) is 18.4 Å². The molecule has 0 fully saturated rings. The Balaban J connectivity index is 2.93. The maximum Gasteiger partial charge on any atom is 0.411 e. The third-order valence-corrected chi connectivity index (χ3v) is 2.87. The summed E-state index contributed by atoms with van der Waals surface area (Å²) in [5.41, 5.74) is 1.16. The van der Waals surface area contributed by atoms with Crippen molar-refractivity contribution in [2.75, 3.05) is 19.0 Å². The van der Waals surface area contributed by atoms with Gasteiger partial charge in [-0.3, -0.25) is 5.32 Å². The topological polar surface area (TPSA) is 64.6 Å². The van der Waals surface area contributed by atoms with Gasteiger partial charge >= 0.3 is 12.1 Å². The zero-order valence-corrected chi connectivity index (χ0v) is 10.1. The van der Waals surface area contributed by atoms with Gasteiger partial charge < -0.3 is 9.47 Å². The fourth-order valence-electron chi connectivity index (χ4n) is 1.14. The third kappa shape index (κ3) is 2.73.